The molecule has 12 rings (SSSR count). The highest BCUT2D eigenvalue weighted by molar-refractivity contribution is 7.25. The van der Waals surface area contributed by atoms with Crippen LogP contribution < -0.4 is 0 Å². The molecule has 0 N–H and O–H groups in total. The fourth-order valence-corrected chi connectivity index (χ4v) is 9.16. The van der Waals surface area contributed by atoms with E-state index >= 15 is 0 Å². The average Bonchev–Trinajstić information content (AvgIpc) is 3.96. The van der Waals surface area contributed by atoms with E-state index in [0.717, 1.165) is 71.7 Å². The lowest BCUT2D eigenvalue weighted by atomic mass is 10.0. The molecule has 12 aromatic rings. The first kappa shape index (κ1) is 31.9. The Morgan fingerprint density at radius 2 is 0.754 bits per heavy atom. The van der Waals surface area contributed by atoms with Crippen LogP contribution in [0, 0.1) is 0 Å². The summed E-state index contributed by atoms with van der Waals surface area (Å²) in [6, 6.07) is 61.1. The number of fused-ring (bicyclic) bond motifs is 9. The van der Waals surface area contributed by atoms with Crippen molar-refractivity contribution >= 4 is 75.4 Å². The van der Waals surface area contributed by atoms with Crippen LogP contribution in [0.2, 0.25) is 0 Å². The van der Waals surface area contributed by atoms with Gasteiger partial charge in [0.1, 0.15) is 22.3 Å². The van der Waals surface area contributed by atoms with Crippen molar-refractivity contribution in [3.8, 4) is 56.4 Å². The third-order valence-corrected chi connectivity index (χ3v) is 12.1. The minimum absolute atomic E-state index is 0.561. The van der Waals surface area contributed by atoms with Crippen molar-refractivity contribution in [2.45, 2.75) is 0 Å². The minimum Gasteiger partial charge on any atom is -0.456 e. The second-order valence-corrected chi connectivity index (χ2v) is 15.5. The van der Waals surface area contributed by atoms with E-state index in [0.29, 0.717) is 17.5 Å². The molecule has 8 aromatic carbocycles. The van der Waals surface area contributed by atoms with Gasteiger partial charge in [0, 0.05) is 58.4 Å². The number of para-hydroxylation sites is 1. The molecule has 4 heterocycles. The van der Waals surface area contributed by atoms with Crippen molar-refractivity contribution in [2.24, 2.45) is 0 Å². The number of thiophene rings is 1. The van der Waals surface area contributed by atoms with E-state index in [-0.39, 0.29) is 0 Å². The van der Waals surface area contributed by atoms with Crippen molar-refractivity contribution in [1.29, 1.82) is 0 Å². The lowest BCUT2D eigenvalue weighted by molar-refractivity contribution is 0.668. The Morgan fingerprint density at radius 3 is 1.49 bits per heavy atom. The summed E-state index contributed by atoms with van der Waals surface area (Å²) in [6.45, 7) is 0. The van der Waals surface area contributed by atoms with Gasteiger partial charge in [0.05, 0.1) is 0 Å². The zero-order valence-electron chi connectivity index (χ0n) is 30.3. The fourth-order valence-electron chi connectivity index (χ4n) is 8.07. The second kappa shape index (κ2) is 12.6. The van der Waals surface area contributed by atoms with Gasteiger partial charge < -0.3 is 8.83 Å². The predicted molar refractivity (Wildman–Crippen MR) is 234 cm³/mol. The van der Waals surface area contributed by atoms with Crippen molar-refractivity contribution < 1.29 is 8.83 Å². The van der Waals surface area contributed by atoms with Gasteiger partial charge in [0.2, 0.25) is 0 Å². The Kier molecular flexibility index (Phi) is 7.03. The van der Waals surface area contributed by atoms with Gasteiger partial charge in [0.25, 0.3) is 0 Å². The molecule has 0 bridgehead atoms. The highest BCUT2D eigenvalue weighted by Gasteiger charge is 2.17. The van der Waals surface area contributed by atoms with Crippen LogP contribution in [0.1, 0.15) is 0 Å². The molecule has 0 spiro atoms. The molecule has 0 unspecified atom stereocenters. The summed E-state index contributed by atoms with van der Waals surface area (Å²) in [7, 11) is 0. The summed E-state index contributed by atoms with van der Waals surface area (Å²) in [6.07, 6.45) is 0. The molecule has 0 fully saturated rings. The maximum absolute atomic E-state index is 6.43. The zero-order valence-corrected chi connectivity index (χ0v) is 31.1. The van der Waals surface area contributed by atoms with Crippen LogP contribution in [0.15, 0.2) is 185 Å². The van der Waals surface area contributed by atoms with Gasteiger partial charge in [-0.1, -0.05) is 115 Å². The van der Waals surface area contributed by atoms with E-state index in [2.05, 4.69) is 140 Å². The number of benzene rings is 8. The number of hydrogen-bond donors (Lipinski definition) is 0. The molecule has 266 valence electrons. The van der Waals surface area contributed by atoms with Crippen LogP contribution in [0.3, 0.4) is 0 Å². The highest BCUT2D eigenvalue weighted by atomic mass is 32.1. The summed E-state index contributed by atoms with van der Waals surface area (Å²) >= 11 is 1.83. The Labute approximate surface area is 330 Å². The Bertz CT molecular complexity index is 3530. The van der Waals surface area contributed by atoms with Gasteiger partial charge in [-0.15, -0.1) is 11.3 Å². The Balaban J connectivity index is 0.975. The van der Waals surface area contributed by atoms with Gasteiger partial charge >= 0.3 is 0 Å². The third kappa shape index (κ3) is 5.34. The van der Waals surface area contributed by atoms with E-state index in [4.69, 9.17) is 23.8 Å². The van der Waals surface area contributed by atoms with E-state index in [1.807, 2.05) is 47.7 Å². The number of rotatable bonds is 5. The monoisotopic (exact) mass is 747 g/mol. The topological polar surface area (TPSA) is 65.0 Å². The summed E-state index contributed by atoms with van der Waals surface area (Å²) in [4.78, 5) is 15.3. The lowest BCUT2D eigenvalue weighted by Gasteiger charge is -2.09. The van der Waals surface area contributed by atoms with Crippen LogP contribution in [-0.2, 0) is 0 Å². The first-order chi connectivity index (χ1) is 28.2. The van der Waals surface area contributed by atoms with Crippen molar-refractivity contribution in [3.05, 3.63) is 176 Å². The fraction of sp³-hybridized carbons (Fsp3) is 0. The van der Waals surface area contributed by atoms with Gasteiger partial charge in [-0.3, -0.25) is 0 Å². The minimum atomic E-state index is 0.561. The van der Waals surface area contributed by atoms with Crippen molar-refractivity contribution in [1.82, 2.24) is 15.0 Å². The number of furan rings is 2. The van der Waals surface area contributed by atoms with Crippen LogP contribution in [0.25, 0.3) is 120 Å². The zero-order chi connectivity index (χ0) is 37.5. The molecule has 57 heavy (non-hydrogen) atoms. The van der Waals surface area contributed by atoms with Crippen LogP contribution in [-0.4, -0.2) is 15.0 Å². The van der Waals surface area contributed by atoms with E-state index in [9.17, 15) is 0 Å². The lowest BCUT2D eigenvalue weighted by Crippen LogP contribution is -2.00. The van der Waals surface area contributed by atoms with Gasteiger partial charge in [-0.25, -0.2) is 15.0 Å². The largest absolute Gasteiger partial charge is 0.456 e. The molecule has 0 saturated carbocycles. The molecule has 4 aromatic heterocycles. The maximum atomic E-state index is 6.43. The predicted octanol–water partition coefficient (Wildman–Crippen LogP) is 14.4. The molecule has 0 aliphatic rings. The molecular weight excluding hydrogens is 719 g/mol. The SMILES string of the molecule is c1ccc(-c2ccc3oc4cc(-c5nc(-c6ccc(-c7ccc8sc9ccccc9c8c7)cc6)nc(-c6ccc7c(c6)oc6ccccc67)n5)ccc4c3c2)cc1. The summed E-state index contributed by atoms with van der Waals surface area (Å²) < 4.78 is 15.3. The van der Waals surface area contributed by atoms with Crippen LogP contribution in [0.5, 0.6) is 0 Å². The summed E-state index contributed by atoms with van der Waals surface area (Å²) in [5.41, 5.74) is 10.5. The highest BCUT2D eigenvalue weighted by Crippen LogP contribution is 2.38. The van der Waals surface area contributed by atoms with Crippen LogP contribution >= 0.6 is 11.3 Å². The third-order valence-electron chi connectivity index (χ3n) is 11.0. The first-order valence-corrected chi connectivity index (χ1v) is 19.7. The van der Waals surface area contributed by atoms with Crippen molar-refractivity contribution in [2.75, 3.05) is 0 Å². The molecule has 0 aliphatic heterocycles. The number of aromatic nitrogens is 3. The Hall–Kier alpha value is -7.41. The van der Waals surface area contributed by atoms with Gasteiger partial charge in [0.15, 0.2) is 17.5 Å². The maximum Gasteiger partial charge on any atom is 0.164 e. The molecule has 0 saturated heterocycles. The van der Waals surface area contributed by atoms with Crippen molar-refractivity contribution in [3.63, 3.8) is 0 Å². The number of nitrogens with zero attached hydrogens (tertiary/aromatic N) is 3. The smallest absolute Gasteiger partial charge is 0.164 e. The number of hydrogen-bond acceptors (Lipinski definition) is 6. The quantitative estimate of drug-likeness (QED) is 0.175. The molecule has 5 nitrogen and oxygen atoms in total. The first-order valence-electron chi connectivity index (χ1n) is 18.9. The van der Waals surface area contributed by atoms with Gasteiger partial charge in [-0.2, -0.15) is 0 Å². The van der Waals surface area contributed by atoms with Gasteiger partial charge in [-0.05, 0) is 82.9 Å². The Morgan fingerprint density at radius 1 is 0.281 bits per heavy atom. The summed E-state index contributed by atoms with van der Waals surface area (Å²) in [5, 5.41) is 6.82. The van der Waals surface area contributed by atoms with E-state index in [1.165, 1.54) is 31.3 Å². The van der Waals surface area contributed by atoms with E-state index in [1.54, 1.807) is 0 Å². The molecule has 0 atom stereocenters. The molecule has 0 aliphatic carbocycles. The second-order valence-electron chi connectivity index (χ2n) is 14.4. The normalized spacial score (nSPS) is 11.9. The van der Waals surface area contributed by atoms with E-state index < -0.39 is 0 Å². The molecule has 6 heteroatoms. The standard InChI is InChI=1S/C51H29N3O2S/c1-2-8-30(9-3-1)33-20-24-44-41(26-33)39-23-19-36(29-46(39)56-44)51-53-49(52-50(54-51)35-18-22-38-37-10-4-6-12-43(37)55-45(38)28-35)32-16-14-31(15-17-32)34-21-25-48-42(27-34)40-11-5-7-13-47(40)57-48/h1-29H. The summed E-state index contributed by atoms with van der Waals surface area (Å²) in [5.74, 6) is 1.71. The van der Waals surface area contributed by atoms with Crippen LogP contribution in [0.4, 0.5) is 0 Å². The molecular formula is C51H29N3O2S. The molecule has 0 radical (unpaired) electrons. The average molecular weight is 748 g/mol. The molecule has 0 amide bonds.